The Morgan fingerprint density at radius 3 is 2.63 bits per heavy atom. The molecule has 0 spiro atoms. The van der Waals surface area contributed by atoms with Crippen LogP contribution in [0.2, 0.25) is 0 Å². The maximum Gasteiger partial charge on any atom is 0.320 e. The van der Waals surface area contributed by atoms with Crippen molar-refractivity contribution < 1.29 is 9.47 Å². The highest BCUT2D eigenvalue weighted by atomic mass is 16.5. The summed E-state index contributed by atoms with van der Waals surface area (Å²) >= 11 is 0. The molecule has 3 rings (SSSR count). The van der Waals surface area contributed by atoms with Crippen LogP contribution in [0, 0.1) is 11.8 Å². The molecular weight excluding hydrogens is 440 g/mol. The molecule has 198 valence electrons. The first kappa shape index (κ1) is 27.7. The minimum atomic E-state index is 0.426. The second kappa shape index (κ2) is 15.2. The molecule has 1 aromatic heterocycles. The SMILES string of the molecule is CCCCC1/C(=N/Nc2cc(N(CCC)CCC)nc(OCCN3CCOCC3)n2)CCC[C@H]1C. The average molecular weight is 489 g/mol. The van der Waals surface area contributed by atoms with Gasteiger partial charge in [-0.15, -0.1) is 0 Å². The van der Waals surface area contributed by atoms with E-state index in [9.17, 15) is 0 Å². The maximum absolute atomic E-state index is 6.06. The van der Waals surface area contributed by atoms with E-state index in [2.05, 4.69) is 47.9 Å². The van der Waals surface area contributed by atoms with Crippen LogP contribution in [-0.4, -0.2) is 73.1 Å². The van der Waals surface area contributed by atoms with Gasteiger partial charge in [0.15, 0.2) is 5.82 Å². The van der Waals surface area contributed by atoms with Crippen molar-refractivity contribution in [3.63, 3.8) is 0 Å². The van der Waals surface area contributed by atoms with Crippen LogP contribution in [-0.2, 0) is 4.74 Å². The third-order valence-electron chi connectivity index (χ3n) is 7.14. The number of nitrogens with zero attached hydrogens (tertiary/aromatic N) is 5. The Hall–Kier alpha value is -1.93. The van der Waals surface area contributed by atoms with E-state index >= 15 is 0 Å². The van der Waals surface area contributed by atoms with Crippen molar-refractivity contribution in [2.24, 2.45) is 16.9 Å². The van der Waals surface area contributed by atoms with E-state index in [1.165, 1.54) is 37.8 Å². The van der Waals surface area contributed by atoms with E-state index in [0.717, 1.165) is 71.0 Å². The molecule has 2 fully saturated rings. The smallest absolute Gasteiger partial charge is 0.320 e. The summed E-state index contributed by atoms with van der Waals surface area (Å²) in [5, 5.41) is 4.91. The monoisotopic (exact) mass is 488 g/mol. The molecule has 1 saturated carbocycles. The van der Waals surface area contributed by atoms with E-state index in [0.29, 0.717) is 30.3 Å². The Labute approximate surface area is 212 Å². The zero-order valence-corrected chi connectivity index (χ0v) is 22.6. The van der Waals surface area contributed by atoms with Crippen molar-refractivity contribution in [1.82, 2.24) is 14.9 Å². The van der Waals surface area contributed by atoms with Gasteiger partial charge in [0, 0.05) is 50.4 Å². The van der Waals surface area contributed by atoms with Gasteiger partial charge in [-0.2, -0.15) is 15.1 Å². The molecule has 1 saturated heterocycles. The van der Waals surface area contributed by atoms with Gasteiger partial charge in [0.1, 0.15) is 12.4 Å². The van der Waals surface area contributed by atoms with Crippen molar-refractivity contribution >= 4 is 17.3 Å². The fourth-order valence-electron chi connectivity index (χ4n) is 5.13. The van der Waals surface area contributed by atoms with Crippen molar-refractivity contribution in [3.05, 3.63) is 6.07 Å². The van der Waals surface area contributed by atoms with Gasteiger partial charge >= 0.3 is 6.01 Å². The summed E-state index contributed by atoms with van der Waals surface area (Å²) in [5.41, 5.74) is 4.60. The first-order chi connectivity index (χ1) is 17.1. The van der Waals surface area contributed by atoms with Gasteiger partial charge in [-0.25, -0.2) is 0 Å². The molecular formula is C27H48N6O2. The van der Waals surface area contributed by atoms with Gasteiger partial charge in [0.2, 0.25) is 0 Å². The summed E-state index contributed by atoms with van der Waals surface area (Å²) in [7, 11) is 0. The van der Waals surface area contributed by atoms with Gasteiger partial charge in [-0.05, 0) is 44.4 Å². The Morgan fingerprint density at radius 2 is 1.91 bits per heavy atom. The molecule has 1 aromatic rings. The summed E-state index contributed by atoms with van der Waals surface area (Å²) < 4.78 is 11.5. The number of hydrogen-bond acceptors (Lipinski definition) is 8. The van der Waals surface area contributed by atoms with Gasteiger partial charge < -0.3 is 14.4 Å². The largest absolute Gasteiger partial charge is 0.462 e. The highest BCUT2D eigenvalue weighted by Crippen LogP contribution is 2.32. The van der Waals surface area contributed by atoms with Crippen LogP contribution >= 0.6 is 0 Å². The Kier molecular flexibility index (Phi) is 12.0. The predicted molar refractivity (Wildman–Crippen MR) is 145 cm³/mol. The number of unbranched alkanes of at least 4 members (excludes halogenated alkanes) is 1. The molecule has 0 radical (unpaired) electrons. The molecule has 1 unspecified atom stereocenters. The fraction of sp³-hybridized carbons (Fsp3) is 0.815. The Balaban J connectivity index is 1.75. The fourth-order valence-corrected chi connectivity index (χ4v) is 5.13. The number of nitrogens with one attached hydrogen (secondary N) is 1. The normalized spacial score (nSPS) is 22.3. The topological polar surface area (TPSA) is 75.1 Å². The van der Waals surface area contributed by atoms with E-state index in [1.807, 2.05) is 6.07 Å². The van der Waals surface area contributed by atoms with Crippen LogP contribution in [0.15, 0.2) is 11.2 Å². The molecule has 1 aliphatic heterocycles. The van der Waals surface area contributed by atoms with Gasteiger partial charge in [0.25, 0.3) is 0 Å². The van der Waals surface area contributed by atoms with Crippen LogP contribution in [0.3, 0.4) is 0 Å². The van der Waals surface area contributed by atoms with Crippen LogP contribution in [0.4, 0.5) is 11.6 Å². The molecule has 2 heterocycles. The van der Waals surface area contributed by atoms with Crippen molar-refractivity contribution in [1.29, 1.82) is 0 Å². The molecule has 1 N–H and O–H groups in total. The average Bonchev–Trinajstić information content (AvgIpc) is 2.87. The zero-order chi connectivity index (χ0) is 24.9. The van der Waals surface area contributed by atoms with Crippen LogP contribution < -0.4 is 15.1 Å². The van der Waals surface area contributed by atoms with Crippen LogP contribution in [0.5, 0.6) is 6.01 Å². The lowest BCUT2D eigenvalue weighted by molar-refractivity contribution is 0.0317. The van der Waals surface area contributed by atoms with Crippen molar-refractivity contribution in [2.45, 2.75) is 79.1 Å². The number of aromatic nitrogens is 2. The van der Waals surface area contributed by atoms with E-state index < -0.39 is 0 Å². The molecule has 0 aromatic carbocycles. The lowest BCUT2D eigenvalue weighted by Crippen LogP contribution is -2.38. The lowest BCUT2D eigenvalue weighted by atomic mass is 9.76. The molecule has 0 bridgehead atoms. The van der Waals surface area contributed by atoms with Gasteiger partial charge in [-0.3, -0.25) is 10.3 Å². The first-order valence-corrected chi connectivity index (χ1v) is 14.0. The molecule has 1 aliphatic carbocycles. The summed E-state index contributed by atoms with van der Waals surface area (Å²) in [6, 6.07) is 2.45. The number of anilines is 2. The molecule has 0 amide bonds. The maximum atomic E-state index is 6.06. The van der Waals surface area contributed by atoms with Crippen molar-refractivity contribution in [3.8, 4) is 6.01 Å². The summed E-state index contributed by atoms with van der Waals surface area (Å²) in [6.45, 7) is 15.9. The third kappa shape index (κ3) is 8.90. The summed E-state index contributed by atoms with van der Waals surface area (Å²) in [5.74, 6) is 2.89. The number of hydrogen-bond donors (Lipinski definition) is 1. The number of ether oxygens (including phenoxy) is 2. The molecule has 2 aliphatic rings. The minimum Gasteiger partial charge on any atom is -0.462 e. The van der Waals surface area contributed by atoms with Crippen LogP contribution in [0.1, 0.15) is 79.1 Å². The standard InChI is InChI=1S/C27H48N6O2/c1-5-8-11-23-22(4)10-9-12-24(23)30-31-25-21-26(33(13-6-2)14-7-3)29-27(28-25)35-20-17-32-15-18-34-19-16-32/h21-23H,5-20H2,1-4H3,(H,28,29,31)/b30-24+/t22-,23?/m1/s1. The number of rotatable bonds is 14. The van der Waals surface area contributed by atoms with Gasteiger partial charge in [-0.1, -0.05) is 40.5 Å². The van der Waals surface area contributed by atoms with E-state index in [4.69, 9.17) is 19.6 Å². The quantitative estimate of drug-likeness (QED) is 0.360. The van der Waals surface area contributed by atoms with E-state index in [1.54, 1.807) is 0 Å². The number of morpholine rings is 1. The Bertz CT molecular complexity index is 762. The zero-order valence-electron chi connectivity index (χ0n) is 22.6. The lowest BCUT2D eigenvalue weighted by Gasteiger charge is -2.30. The molecule has 8 nitrogen and oxygen atoms in total. The van der Waals surface area contributed by atoms with Gasteiger partial charge in [0.05, 0.1) is 13.2 Å². The Morgan fingerprint density at radius 1 is 1.14 bits per heavy atom. The molecule has 8 heteroatoms. The second-order valence-electron chi connectivity index (χ2n) is 10.0. The van der Waals surface area contributed by atoms with E-state index in [-0.39, 0.29) is 0 Å². The van der Waals surface area contributed by atoms with Crippen molar-refractivity contribution in [2.75, 3.05) is 62.9 Å². The molecule has 2 atom stereocenters. The third-order valence-corrected chi connectivity index (χ3v) is 7.14. The molecule has 35 heavy (non-hydrogen) atoms. The van der Waals surface area contributed by atoms with Crippen LogP contribution in [0.25, 0.3) is 0 Å². The predicted octanol–water partition coefficient (Wildman–Crippen LogP) is 5.21. The second-order valence-corrected chi connectivity index (χ2v) is 10.0. The highest BCUT2D eigenvalue weighted by Gasteiger charge is 2.26. The minimum absolute atomic E-state index is 0.426. The summed E-state index contributed by atoms with van der Waals surface area (Å²) in [6.07, 6.45) is 9.45. The highest BCUT2D eigenvalue weighted by molar-refractivity contribution is 5.88. The first-order valence-electron chi connectivity index (χ1n) is 14.0. The number of hydrazone groups is 1. The summed E-state index contributed by atoms with van der Waals surface area (Å²) in [4.78, 5) is 14.1.